The lowest BCUT2D eigenvalue weighted by Gasteiger charge is -2.05. The van der Waals surface area contributed by atoms with Gasteiger partial charge in [-0.2, -0.15) is 0 Å². The number of hydrogen-bond acceptors (Lipinski definition) is 2. The van der Waals surface area contributed by atoms with Crippen LogP contribution in [0.25, 0.3) is 0 Å². The van der Waals surface area contributed by atoms with Crippen LogP contribution in [-0.2, 0) is 4.74 Å². The standard InChI is InChI=1S/C10H12FIO2Si/c11-8-4-1-3-7(9(8)12)10(13)14-5-2-6-15/h1,3-4H,2,5-6H2,15H3. The van der Waals surface area contributed by atoms with E-state index in [1.807, 2.05) is 22.6 Å². The van der Waals surface area contributed by atoms with Crippen molar-refractivity contribution in [3.8, 4) is 0 Å². The van der Waals surface area contributed by atoms with Crippen molar-refractivity contribution in [1.82, 2.24) is 0 Å². The molecule has 5 heteroatoms. The lowest BCUT2D eigenvalue weighted by molar-refractivity contribution is 0.0503. The van der Waals surface area contributed by atoms with E-state index in [2.05, 4.69) is 0 Å². The van der Waals surface area contributed by atoms with Crippen molar-refractivity contribution >= 4 is 38.8 Å². The van der Waals surface area contributed by atoms with Crippen LogP contribution in [0.3, 0.4) is 0 Å². The molecular weight excluding hydrogens is 326 g/mol. The molecule has 0 heterocycles. The first-order valence-electron chi connectivity index (χ1n) is 4.78. The third-order valence-corrected chi connectivity index (χ3v) is 3.71. The van der Waals surface area contributed by atoms with Crippen molar-refractivity contribution < 1.29 is 13.9 Å². The van der Waals surface area contributed by atoms with E-state index in [0.29, 0.717) is 15.7 Å². The molecule has 0 aromatic heterocycles. The van der Waals surface area contributed by atoms with Gasteiger partial charge >= 0.3 is 5.97 Å². The van der Waals surface area contributed by atoms with Crippen LogP contribution in [0.1, 0.15) is 16.8 Å². The molecule has 2 nitrogen and oxygen atoms in total. The molecule has 0 saturated heterocycles. The van der Waals surface area contributed by atoms with Gasteiger partial charge < -0.3 is 4.74 Å². The van der Waals surface area contributed by atoms with Gasteiger partial charge in [-0.05, 0) is 41.1 Å². The molecule has 0 N–H and O–H groups in total. The maximum Gasteiger partial charge on any atom is 0.339 e. The van der Waals surface area contributed by atoms with Crippen LogP contribution in [0.15, 0.2) is 18.2 Å². The van der Waals surface area contributed by atoms with E-state index in [-0.39, 0.29) is 5.82 Å². The Balaban J connectivity index is 2.69. The molecule has 0 aliphatic carbocycles. The van der Waals surface area contributed by atoms with E-state index < -0.39 is 5.97 Å². The van der Waals surface area contributed by atoms with Crippen molar-refractivity contribution in [1.29, 1.82) is 0 Å². The fourth-order valence-electron chi connectivity index (χ4n) is 1.05. The summed E-state index contributed by atoms with van der Waals surface area (Å²) in [6.07, 6.45) is 0.893. The van der Waals surface area contributed by atoms with E-state index in [1.54, 1.807) is 6.07 Å². The van der Waals surface area contributed by atoms with Crippen LogP contribution in [0.2, 0.25) is 6.04 Å². The Bertz CT molecular complexity index is 357. The SMILES string of the molecule is O=C(OCCC[SiH3])c1cccc(F)c1I. The number of benzene rings is 1. The fourth-order valence-corrected chi connectivity index (χ4v) is 1.92. The van der Waals surface area contributed by atoms with Crippen LogP contribution in [-0.4, -0.2) is 22.8 Å². The Morgan fingerprint density at radius 3 is 2.93 bits per heavy atom. The maximum atomic E-state index is 13.1. The second-order valence-electron chi connectivity index (χ2n) is 3.09. The fraction of sp³-hybridized carbons (Fsp3) is 0.300. The number of carbonyl (C=O) groups excluding carboxylic acids is 1. The molecule has 1 aromatic rings. The van der Waals surface area contributed by atoms with Gasteiger partial charge in [0.15, 0.2) is 0 Å². The maximum absolute atomic E-state index is 13.1. The zero-order valence-corrected chi connectivity index (χ0v) is 12.6. The zero-order valence-electron chi connectivity index (χ0n) is 8.43. The molecule has 0 spiro atoms. The second-order valence-corrected chi connectivity index (χ2v) is 5.17. The van der Waals surface area contributed by atoms with Gasteiger partial charge in [-0.1, -0.05) is 12.1 Å². The summed E-state index contributed by atoms with van der Waals surface area (Å²) in [5.74, 6) is -0.818. The predicted octanol–water partition coefficient (Wildman–Crippen LogP) is 1.76. The number of hydrogen-bond donors (Lipinski definition) is 0. The number of halogens is 2. The van der Waals surface area contributed by atoms with Crippen molar-refractivity contribution in [3.63, 3.8) is 0 Å². The molecule has 82 valence electrons. The summed E-state index contributed by atoms with van der Waals surface area (Å²) < 4.78 is 18.5. The highest BCUT2D eigenvalue weighted by Gasteiger charge is 2.13. The molecule has 1 rings (SSSR count). The number of esters is 1. The molecule has 0 radical (unpaired) electrons. The summed E-state index contributed by atoms with van der Waals surface area (Å²) in [6, 6.07) is 5.53. The van der Waals surface area contributed by atoms with Crippen molar-refractivity contribution in [3.05, 3.63) is 33.1 Å². The van der Waals surface area contributed by atoms with E-state index in [9.17, 15) is 9.18 Å². The minimum absolute atomic E-state index is 0.309. The number of carbonyl (C=O) groups is 1. The Morgan fingerprint density at radius 2 is 2.27 bits per heavy atom. The van der Waals surface area contributed by atoms with E-state index in [0.717, 1.165) is 22.7 Å². The second kappa shape index (κ2) is 6.22. The summed E-state index contributed by atoms with van der Waals surface area (Å²) in [5, 5.41) is 0. The highest BCUT2D eigenvalue weighted by Crippen LogP contribution is 2.16. The van der Waals surface area contributed by atoms with E-state index in [4.69, 9.17) is 4.74 Å². The molecule has 0 amide bonds. The van der Waals surface area contributed by atoms with Gasteiger partial charge in [0.25, 0.3) is 0 Å². The molecular formula is C10H12FIO2Si. The van der Waals surface area contributed by atoms with Gasteiger partial charge in [0.2, 0.25) is 0 Å². The molecule has 15 heavy (non-hydrogen) atoms. The van der Waals surface area contributed by atoms with Gasteiger partial charge in [0.1, 0.15) is 5.82 Å². The van der Waals surface area contributed by atoms with Crippen LogP contribution >= 0.6 is 22.6 Å². The third kappa shape index (κ3) is 3.56. The van der Waals surface area contributed by atoms with Crippen LogP contribution in [0.4, 0.5) is 4.39 Å². The van der Waals surface area contributed by atoms with Gasteiger partial charge in [0, 0.05) is 10.2 Å². The zero-order chi connectivity index (χ0) is 11.3. The van der Waals surface area contributed by atoms with Gasteiger partial charge in [-0.25, -0.2) is 9.18 Å². The third-order valence-electron chi connectivity index (χ3n) is 1.90. The lowest BCUT2D eigenvalue weighted by atomic mass is 10.2. The molecule has 1 aromatic carbocycles. The topological polar surface area (TPSA) is 26.3 Å². The van der Waals surface area contributed by atoms with Gasteiger partial charge in [-0.3, -0.25) is 0 Å². The molecule has 0 fully saturated rings. The first-order chi connectivity index (χ1) is 7.16. The first kappa shape index (κ1) is 12.6. The van der Waals surface area contributed by atoms with Crippen molar-refractivity contribution in [2.45, 2.75) is 12.5 Å². The quantitative estimate of drug-likeness (QED) is 0.362. The van der Waals surface area contributed by atoms with Crippen LogP contribution < -0.4 is 0 Å². The van der Waals surface area contributed by atoms with Crippen molar-refractivity contribution in [2.75, 3.05) is 6.61 Å². The summed E-state index contributed by atoms with van der Waals surface area (Å²) in [4.78, 5) is 11.5. The number of ether oxygens (including phenoxy) is 1. The average molecular weight is 338 g/mol. The minimum Gasteiger partial charge on any atom is -0.462 e. The largest absolute Gasteiger partial charge is 0.462 e. The smallest absolute Gasteiger partial charge is 0.339 e. The Hall–Kier alpha value is -0.433. The molecule has 0 saturated carbocycles. The summed E-state index contributed by atoms with van der Waals surface area (Å²) in [6.45, 7) is 0.426. The molecule has 0 unspecified atom stereocenters. The highest BCUT2D eigenvalue weighted by molar-refractivity contribution is 14.1. The Morgan fingerprint density at radius 1 is 1.53 bits per heavy atom. The van der Waals surface area contributed by atoms with Gasteiger partial charge in [0.05, 0.1) is 15.7 Å². The van der Waals surface area contributed by atoms with Crippen LogP contribution in [0.5, 0.6) is 0 Å². The number of rotatable bonds is 4. The monoisotopic (exact) mass is 338 g/mol. The predicted molar refractivity (Wildman–Crippen MR) is 68.8 cm³/mol. The van der Waals surface area contributed by atoms with E-state index in [1.165, 1.54) is 12.1 Å². The molecule has 0 bridgehead atoms. The van der Waals surface area contributed by atoms with Crippen molar-refractivity contribution in [2.24, 2.45) is 0 Å². The Kier molecular flexibility index (Phi) is 5.24. The molecule has 0 atom stereocenters. The summed E-state index contributed by atoms with van der Waals surface area (Å²) in [7, 11) is 1.11. The van der Waals surface area contributed by atoms with E-state index >= 15 is 0 Å². The summed E-state index contributed by atoms with van der Waals surface area (Å²) >= 11 is 1.81. The highest BCUT2D eigenvalue weighted by atomic mass is 127. The van der Waals surface area contributed by atoms with Gasteiger partial charge in [-0.15, -0.1) is 0 Å². The molecule has 0 aliphatic heterocycles. The first-order valence-corrected chi connectivity index (χ1v) is 7.27. The summed E-state index contributed by atoms with van der Waals surface area (Å²) in [5.41, 5.74) is 0.309. The minimum atomic E-state index is -0.436. The molecule has 0 aliphatic rings. The Labute approximate surface area is 105 Å². The normalized spacial score (nSPS) is 10.3. The van der Waals surface area contributed by atoms with Crippen LogP contribution in [0, 0.1) is 9.39 Å². The lowest BCUT2D eigenvalue weighted by Crippen LogP contribution is -2.09. The average Bonchev–Trinajstić information content (AvgIpc) is 2.22.